The van der Waals surface area contributed by atoms with E-state index >= 15 is 0 Å². The first-order chi connectivity index (χ1) is 16.1. The van der Waals surface area contributed by atoms with Gasteiger partial charge in [-0.2, -0.15) is 0 Å². The Hall–Kier alpha value is -3.18. The highest BCUT2D eigenvalue weighted by Gasteiger charge is 2.15. The predicted octanol–water partition coefficient (Wildman–Crippen LogP) is 1.94. The lowest BCUT2D eigenvalue weighted by atomic mass is 10.2. The molecule has 0 aliphatic carbocycles. The van der Waals surface area contributed by atoms with Gasteiger partial charge >= 0.3 is 12.1 Å². The van der Waals surface area contributed by atoms with Crippen LogP contribution in [0.1, 0.15) is 38.1 Å². The first kappa shape index (κ1) is 28.9. The van der Waals surface area contributed by atoms with Crippen molar-refractivity contribution in [3.8, 4) is 5.75 Å². The normalized spacial score (nSPS) is 11.8. The second kappa shape index (κ2) is 15.6. The number of carbonyl (C=O) groups excluding carboxylic acids is 3. The lowest BCUT2D eigenvalue weighted by Gasteiger charge is -2.19. The largest absolute Gasteiger partial charge is 0.489 e. The van der Waals surface area contributed by atoms with Gasteiger partial charge in [0.1, 0.15) is 24.6 Å². The predicted molar refractivity (Wildman–Crippen MR) is 125 cm³/mol. The third-order valence-corrected chi connectivity index (χ3v) is 3.83. The molecular weight excluding hydrogens is 446 g/mol. The molecule has 11 nitrogen and oxygen atoms in total. The minimum atomic E-state index is -0.650. The second-order valence-electron chi connectivity index (χ2n) is 7.89. The zero-order valence-corrected chi connectivity index (χ0v) is 20.3. The Balaban J connectivity index is 2.35. The molecule has 0 saturated heterocycles. The molecule has 1 aromatic rings. The Morgan fingerprint density at radius 2 is 1.85 bits per heavy atom. The third-order valence-electron chi connectivity index (χ3n) is 3.83. The first-order valence-corrected chi connectivity index (χ1v) is 10.9. The highest BCUT2D eigenvalue weighted by atomic mass is 16.6. The summed E-state index contributed by atoms with van der Waals surface area (Å²) in [5, 5.41) is 5.28. The van der Waals surface area contributed by atoms with Crippen LogP contribution in [0.3, 0.4) is 0 Å². The van der Waals surface area contributed by atoms with E-state index in [2.05, 4.69) is 22.3 Å². The lowest BCUT2D eigenvalue weighted by Crippen LogP contribution is -2.37. The van der Waals surface area contributed by atoms with Crippen molar-refractivity contribution in [1.82, 2.24) is 10.6 Å². The van der Waals surface area contributed by atoms with Crippen molar-refractivity contribution in [3.05, 3.63) is 29.8 Å². The number of esters is 1. The Morgan fingerprint density at radius 1 is 1.12 bits per heavy atom. The van der Waals surface area contributed by atoms with Crippen LogP contribution in [0, 0.1) is 0 Å². The van der Waals surface area contributed by atoms with E-state index in [1.54, 1.807) is 52.0 Å². The monoisotopic (exact) mass is 481 g/mol. The number of nitrogens with one attached hydrogen (secondary N) is 2. The van der Waals surface area contributed by atoms with E-state index in [-0.39, 0.29) is 45.4 Å². The van der Waals surface area contributed by atoms with Crippen LogP contribution in [-0.4, -0.2) is 82.6 Å². The van der Waals surface area contributed by atoms with E-state index in [1.165, 1.54) is 0 Å². The highest BCUT2D eigenvalue weighted by Crippen LogP contribution is 2.14. The average molecular weight is 482 g/mol. The van der Waals surface area contributed by atoms with Crippen LogP contribution in [0.5, 0.6) is 5.75 Å². The maximum Gasteiger partial charge on any atom is 0.407 e. The molecule has 0 aromatic heterocycles. The fraction of sp³-hybridized carbons (Fsp3) is 0.565. The van der Waals surface area contributed by atoms with E-state index in [1.807, 2.05) is 0 Å². The number of carbonyl (C=O) groups is 3. The Labute approximate surface area is 200 Å². The molecule has 0 aliphatic rings. The van der Waals surface area contributed by atoms with Gasteiger partial charge in [-0.25, -0.2) is 9.59 Å². The summed E-state index contributed by atoms with van der Waals surface area (Å²) in [5.41, 5.74) is -0.192. The van der Waals surface area contributed by atoms with Gasteiger partial charge in [0, 0.05) is 18.7 Å². The van der Waals surface area contributed by atoms with Crippen LogP contribution in [0.25, 0.3) is 0 Å². The molecule has 1 aromatic carbocycles. The Kier molecular flexibility index (Phi) is 13.3. The topological polar surface area (TPSA) is 134 Å². The highest BCUT2D eigenvalue weighted by molar-refractivity contribution is 5.94. The molecule has 0 saturated carbocycles. The summed E-state index contributed by atoms with van der Waals surface area (Å²) in [7, 11) is 0. The summed E-state index contributed by atoms with van der Waals surface area (Å²) < 4.78 is 26.2. The van der Waals surface area contributed by atoms with Crippen LogP contribution in [0.4, 0.5) is 4.79 Å². The van der Waals surface area contributed by atoms with Crippen LogP contribution in [0.15, 0.2) is 29.3 Å². The number of amides is 2. The molecule has 0 radical (unpaired) electrons. The lowest BCUT2D eigenvalue weighted by molar-refractivity contribution is -0.149. The van der Waals surface area contributed by atoms with Crippen LogP contribution in [0.2, 0.25) is 0 Å². The van der Waals surface area contributed by atoms with E-state index in [4.69, 9.17) is 23.7 Å². The molecular formula is C23H35N3O8. The van der Waals surface area contributed by atoms with Crippen molar-refractivity contribution in [3.63, 3.8) is 0 Å². The molecule has 11 heteroatoms. The molecule has 190 valence electrons. The van der Waals surface area contributed by atoms with Crippen molar-refractivity contribution in [1.29, 1.82) is 0 Å². The number of aliphatic imine (C=N–C) groups is 1. The maximum atomic E-state index is 12.3. The Bertz CT molecular complexity index is 795. The van der Waals surface area contributed by atoms with Crippen molar-refractivity contribution >= 4 is 24.7 Å². The standard InChI is InChI=1S/C23H35N3O8/c1-6-31-20(27)16-30-12-13-32-19(24-5)15-33-18-9-7-8-17(14-18)21(28)25-10-11-26-22(29)34-23(2,3)4/h7-9,14,19H,5-6,10-13,15-16H2,1-4H3,(H,25,28)(H,26,29). The van der Waals surface area contributed by atoms with Gasteiger partial charge < -0.3 is 34.3 Å². The van der Waals surface area contributed by atoms with E-state index in [0.29, 0.717) is 17.9 Å². The zero-order chi connectivity index (χ0) is 25.4. The second-order valence-corrected chi connectivity index (χ2v) is 7.89. The third kappa shape index (κ3) is 13.4. The molecule has 2 amide bonds. The summed E-state index contributed by atoms with van der Waals surface area (Å²) in [5.74, 6) is -0.298. The minimum Gasteiger partial charge on any atom is -0.489 e. The van der Waals surface area contributed by atoms with Crippen molar-refractivity contribution < 1.29 is 38.1 Å². The number of benzene rings is 1. The molecule has 1 atom stereocenters. The summed E-state index contributed by atoms with van der Waals surface area (Å²) in [4.78, 5) is 39.0. The molecule has 0 fully saturated rings. The minimum absolute atomic E-state index is 0.0757. The number of hydrogen-bond donors (Lipinski definition) is 2. The van der Waals surface area contributed by atoms with Crippen LogP contribution in [-0.2, 0) is 23.7 Å². The summed E-state index contributed by atoms with van der Waals surface area (Å²) in [6.07, 6.45) is -1.20. The number of ether oxygens (including phenoxy) is 5. The van der Waals surface area contributed by atoms with Gasteiger partial charge in [0.25, 0.3) is 5.91 Å². The van der Waals surface area contributed by atoms with Crippen molar-refractivity contribution in [2.24, 2.45) is 4.99 Å². The molecule has 1 rings (SSSR count). The van der Waals surface area contributed by atoms with Gasteiger partial charge in [-0.15, -0.1) is 0 Å². The van der Waals surface area contributed by atoms with Crippen LogP contribution < -0.4 is 15.4 Å². The quantitative estimate of drug-likeness (QED) is 0.221. The fourth-order valence-corrected chi connectivity index (χ4v) is 2.41. The molecule has 2 N–H and O–H groups in total. The van der Waals surface area contributed by atoms with Crippen molar-refractivity contribution in [2.45, 2.75) is 39.5 Å². The molecule has 0 bridgehead atoms. The summed E-state index contributed by atoms with van der Waals surface area (Å²) >= 11 is 0. The number of hydrogen-bond acceptors (Lipinski definition) is 9. The number of alkyl carbamates (subject to hydrolysis) is 1. The van der Waals surface area contributed by atoms with E-state index in [0.717, 1.165) is 0 Å². The number of rotatable bonds is 15. The number of nitrogens with zero attached hydrogens (tertiary/aromatic N) is 1. The average Bonchev–Trinajstić information content (AvgIpc) is 2.77. The molecule has 0 aliphatic heterocycles. The van der Waals surface area contributed by atoms with Gasteiger partial charge in [-0.1, -0.05) is 6.07 Å². The maximum absolute atomic E-state index is 12.3. The SMILES string of the molecule is C=NC(COc1cccc(C(=O)NCCNC(=O)OC(C)(C)C)c1)OCCOCC(=O)OCC. The van der Waals surface area contributed by atoms with Gasteiger partial charge in [0.15, 0.2) is 6.23 Å². The molecule has 0 spiro atoms. The summed E-state index contributed by atoms with van der Waals surface area (Å²) in [6.45, 7) is 11.6. The van der Waals surface area contributed by atoms with E-state index in [9.17, 15) is 14.4 Å². The molecule has 1 unspecified atom stereocenters. The fourth-order valence-electron chi connectivity index (χ4n) is 2.41. The smallest absolute Gasteiger partial charge is 0.407 e. The van der Waals surface area contributed by atoms with Crippen molar-refractivity contribution in [2.75, 3.05) is 46.1 Å². The van der Waals surface area contributed by atoms with Gasteiger partial charge in [-0.05, 0) is 52.6 Å². The zero-order valence-electron chi connectivity index (χ0n) is 20.3. The van der Waals surface area contributed by atoms with Gasteiger partial charge in [-0.3, -0.25) is 9.79 Å². The van der Waals surface area contributed by atoms with E-state index < -0.39 is 23.9 Å². The molecule has 34 heavy (non-hydrogen) atoms. The Morgan fingerprint density at radius 3 is 2.53 bits per heavy atom. The first-order valence-electron chi connectivity index (χ1n) is 10.9. The van der Waals surface area contributed by atoms with Gasteiger partial charge in [0.2, 0.25) is 0 Å². The summed E-state index contributed by atoms with van der Waals surface area (Å²) in [6, 6.07) is 6.61. The van der Waals surface area contributed by atoms with Gasteiger partial charge in [0.05, 0.1) is 19.8 Å². The molecule has 0 heterocycles. The van der Waals surface area contributed by atoms with Crippen LogP contribution >= 0.6 is 0 Å².